The zero-order valence-corrected chi connectivity index (χ0v) is 5.39. The van der Waals surface area contributed by atoms with E-state index in [1.54, 1.807) is 18.3 Å². The van der Waals surface area contributed by atoms with Crippen molar-refractivity contribution in [3.8, 4) is 0 Å². The molecule has 48 valence electrons. The second-order valence-electron chi connectivity index (χ2n) is 1.71. The summed E-state index contributed by atoms with van der Waals surface area (Å²) < 4.78 is 0. The van der Waals surface area contributed by atoms with Crippen molar-refractivity contribution in [2.75, 3.05) is 7.05 Å². The smallest absolute Gasteiger partial charge is 0.0885 e. The summed E-state index contributed by atoms with van der Waals surface area (Å²) in [5.41, 5.74) is 0. The Kier molecular flexibility index (Phi) is 3.23. The maximum atomic E-state index is 5.35. The first kappa shape index (κ1) is 7.46. The van der Waals surface area contributed by atoms with Gasteiger partial charge in [0.15, 0.2) is 0 Å². The lowest BCUT2D eigenvalue weighted by Crippen LogP contribution is -2.42. The zero-order chi connectivity index (χ0) is 6.57. The summed E-state index contributed by atoms with van der Waals surface area (Å²) in [7, 11) is 1.79. The molecule has 3 nitrogen and oxygen atoms in total. The van der Waals surface area contributed by atoms with Crippen LogP contribution in [0.5, 0.6) is 0 Å². The summed E-state index contributed by atoms with van der Waals surface area (Å²) >= 11 is 0. The van der Waals surface area contributed by atoms with E-state index < -0.39 is 0 Å². The van der Waals surface area contributed by atoms with Crippen molar-refractivity contribution in [2.24, 2.45) is 5.84 Å². The minimum absolute atomic E-state index is 0.160. The molecule has 8 heavy (non-hydrogen) atoms. The molecule has 0 aromatic carbocycles. The molecule has 3 N–H and O–H groups in total. The molecule has 0 aromatic rings. The van der Waals surface area contributed by atoms with Crippen LogP contribution in [-0.2, 0) is 0 Å². The molecule has 1 unspecified atom stereocenters. The SMILES string of the molecule is C=CNC(C)N(C)N. The van der Waals surface area contributed by atoms with Gasteiger partial charge in [-0.2, -0.15) is 0 Å². The lowest BCUT2D eigenvalue weighted by atomic mass is 10.5. The number of hydrazine groups is 1. The molecule has 1 atom stereocenters. The van der Waals surface area contributed by atoms with Crippen LogP contribution in [0.3, 0.4) is 0 Å². The number of nitrogens with zero attached hydrogens (tertiary/aromatic N) is 1. The van der Waals surface area contributed by atoms with Crippen molar-refractivity contribution in [3.63, 3.8) is 0 Å². The number of rotatable bonds is 3. The number of nitrogens with two attached hydrogens (primary N) is 1. The van der Waals surface area contributed by atoms with Crippen LogP contribution in [-0.4, -0.2) is 18.2 Å². The second-order valence-corrected chi connectivity index (χ2v) is 1.71. The zero-order valence-electron chi connectivity index (χ0n) is 5.39. The Bertz CT molecular complexity index is 70.1. The van der Waals surface area contributed by atoms with Crippen LogP contribution in [0, 0.1) is 0 Å². The summed E-state index contributed by atoms with van der Waals surface area (Å²) in [5, 5.41) is 4.48. The standard InChI is InChI=1S/C5H13N3/c1-4-7-5(2)8(3)6/h4-5,7H,1,6H2,2-3H3. The molecule has 0 aliphatic carbocycles. The summed E-state index contributed by atoms with van der Waals surface area (Å²) in [4.78, 5) is 0. The van der Waals surface area contributed by atoms with E-state index in [1.165, 1.54) is 0 Å². The van der Waals surface area contributed by atoms with Gasteiger partial charge in [0.2, 0.25) is 0 Å². The van der Waals surface area contributed by atoms with E-state index in [9.17, 15) is 0 Å². The molecule has 0 radical (unpaired) electrons. The summed E-state index contributed by atoms with van der Waals surface area (Å²) in [6.45, 7) is 5.44. The van der Waals surface area contributed by atoms with Crippen LogP contribution in [0.15, 0.2) is 12.8 Å². The molecule has 0 fully saturated rings. The molecule has 0 saturated carbocycles. The monoisotopic (exact) mass is 115 g/mol. The van der Waals surface area contributed by atoms with Crippen molar-refractivity contribution in [1.29, 1.82) is 0 Å². The molecule has 0 amide bonds. The fraction of sp³-hybridized carbons (Fsp3) is 0.600. The van der Waals surface area contributed by atoms with Gasteiger partial charge in [-0.3, -0.25) is 5.84 Å². The first-order valence-electron chi connectivity index (χ1n) is 2.53. The van der Waals surface area contributed by atoms with Crippen LogP contribution in [0.2, 0.25) is 0 Å². The molecular formula is C5H13N3. The van der Waals surface area contributed by atoms with E-state index in [0.717, 1.165) is 0 Å². The molecular weight excluding hydrogens is 102 g/mol. The number of nitrogens with one attached hydrogen (secondary N) is 1. The van der Waals surface area contributed by atoms with E-state index in [0.29, 0.717) is 0 Å². The fourth-order valence-electron chi connectivity index (χ4n) is 0.288. The maximum absolute atomic E-state index is 5.35. The van der Waals surface area contributed by atoms with Crippen molar-refractivity contribution in [2.45, 2.75) is 13.1 Å². The first-order valence-corrected chi connectivity index (χ1v) is 2.53. The van der Waals surface area contributed by atoms with Crippen molar-refractivity contribution in [3.05, 3.63) is 12.8 Å². The van der Waals surface area contributed by atoms with Crippen molar-refractivity contribution < 1.29 is 0 Å². The van der Waals surface area contributed by atoms with E-state index in [1.807, 2.05) is 6.92 Å². The molecule has 0 aromatic heterocycles. The van der Waals surface area contributed by atoms with Crippen molar-refractivity contribution >= 4 is 0 Å². The van der Waals surface area contributed by atoms with Gasteiger partial charge in [-0.1, -0.05) is 6.58 Å². The van der Waals surface area contributed by atoms with E-state index in [2.05, 4.69) is 11.9 Å². The molecule has 0 spiro atoms. The van der Waals surface area contributed by atoms with Crippen LogP contribution in [0.4, 0.5) is 0 Å². The molecule has 0 bridgehead atoms. The van der Waals surface area contributed by atoms with Gasteiger partial charge in [0.25, 0.3) is 0 Å². The fourth-order valence-corrected chi connectivity index (χ4v) is 0.288. The first-order chi connectivity index (χ1) is 3.68. The van der Waals surface area contributed by atoms with E-state index in [-0.39, 0.29) is 6.17 Å². The molecule has 0 aliphatic rings. The molecule has 3 heteroatoms. The average molecular weight is 115 g/mol. The topological polar surface area (TPSA) is 41.3 Å². The molecule has 0 aliphatic heterocycles. The Hall–Kier alpha value is -0.540. The minimum atomic E-state index is 0.160. The summed E-state index contributed by atoms with van der Waals surface area (Å²) in [5.74, 6) is 5.35. The molecule has 0 heterocycles. The third kappa shape index (κ3) is 2.60. The normalized spacial score (nSPS) is 13.5. The Morgan fingerprint density at radius 3 is 2.50 bits per heavy atom. The number of hydrogen-bond donors (Lipinski definition) is 2. The Labute approximate surface area is 50.1 Å². The number of hydrogen-bond acceptors (Lipinski definition) is 3. The Morgan fingerprint density at radius 1 is 1.88 bits per heavy atom. The van der Waals surface area contributed by atoms with Gasteiger partial charge in [0.05, 0.1) is 6.17 Å². The van der Waals surface area contributed by atoms with Gasteiger partial charge in [0.1, 0.15) is 0 Å². The average Bonchev–Trinajstić information content (AvgIpc) is 1.67. The van der Waals surface area contributed by atoms with Gasteiger partial charge in [-0.15, -0.1) is 0 Å². The van der Waals surface area contributed by atoms with Crippen LogP contribution < -0.4 is 11.2 Å². The highest BCUT2D eigenvalue weighted by atomic mass is 15.4. The second kappa shape index (κ2) is 3.46. The van der Waals surface area contributed by atoms with Crippen molar-refractivity contribution in [1.82, 2.24) is 10.3 Å². The van der Waals surface area contributed by atoms with E-state index in [4.69, 9.17) is 5.84 Å². The summed E-state index contributed by atoms with van der Waals surface area (Å²) in [6.07, 6.45) is 1.78. The van der Waals surface area contributed by atoms with Crippen LogP contribution >= 0.6 is 0 Å². The highest BCUT2D eigenvalue weighted by Gasteiger charge is 1.97. The molecule has 0 saturated heterocycles. The maximum Gasteiger partial charge on any atom is 0.0885 e. The van der Waals surface area contributed by atoms with Crippen LogP contribution in [0.25, 0.3) is 0 Å². The van der Waals surface area contributed by atoms with Gasteiger partial charge in [-0.25, -0.2) is 5.01 Å². The minimum Gasteiger partial charge on any atom is -0.375 e. The third-order valence-electron chi connectivity index (χ3n) is 0.970. The van der Waals surface area contributed by atoms with Gasteiger partial charge >= 0.3 is 0 Å². The molecule has 0 rings (SSSR count). The highest BCUT2D eigenvalue weighted by Crippen LogP contribution is 1.79. The van der Waals surface area contributed by atoms with Gasteiger partial charge in [0, 0.05) is 7.05 Å². The Balaban J connectivity index is 3.30. The Morgan fingerprint density at radius 2 is 2.38 bits per heavy atom. The van der Waals surface area contributed by atoms with E-state index >= 15 is 0 Å². The van der Waals surface area contributed by atoms with Gasteiger partial charge < -0.3 is 5.32 Å². The lowest BCUT2D eigenvalue weighted by Gasteiger charge is -2.18. The van der Waals surface area contributed by atoms with Crippen LogP contribution in [0.1, 0.15) is 6.92 Å². The third-order valence-corrected chi connectivity index (χ3v) is 0.970. The lowest BCUT2D eigenvalue weighted by molar-refractivity contribution is 0.244. The highest BCUT2D eigenvalue weighted by molar-refractivity contribution is 4.66. The predicted octanol–water partition coefficient (Wildman–Crippen LogP) is -0.129. The summed E-state index contributed by atoms with van der Waals surface area (Å²) in [6, 6.07) is 0. The van der Waals surface area contributed by atoms with Gasteiger partial charge in [-0.05, 0) is 13.1 Å². The largest absolute Gasteiger partial charge is 0.375 e. The predicted molar refractivity (Wildman–Crippen MR) is 34.7 cm³/mol. The quantitative estimate of drug-likeness (QED) is 0.306.